The minimum atomic E-state index is -0.379. The van der Waals surface area contributed by atoms with Crippen molar-refractivity contribution < 1.29 is 9.53 Å². The van der Waals surface area contributed by atoms with E-state index in [1.165, 1.54) is 7.11 Å². The molecular formula is C11H16N2O2. The third kappa shape index (κ3) is 2.87. The average molecular weight is 208 g/mol. The van der Waals surface area contributed by atoms with E-state index in [-0.39, 0.29) is 12.0 Å². The Hall–Kier alpha value is -1.71. The predicted octanol–water partition coefficient (Wildman–Crippen LogP) is 1.55. The summed E-state index contributed by atoms with van der Waals surface area (Å²) in [4.78, 5) is 11.2. The molecule has 0 heterocycles. The number of carbonyl (C=O) groups is 1. The van der Waals surface area contributed by atoms with E-state index < -0.39 is 0 Å². The summed E-state index contributed by atoms with van der Waals surface area (Å²) >= 11 is 0. The van der Waals surface area contributed by atoms with Crippen LogP contribution in [0.4, 0.5) is 11.4 Å². The number of hydrogen-bond donors (Lipinski definition) is 2. The number of benzene rings is 1. The second-order valence-corrected chi connectivity index (χ2v) is 3.46. The van der Waals surface area contributed by atoms with Gasteiger partial charge in [-0.1, -0.05) is 6.07 Å². The molecule has 0 saturated heterocycles. The molecule has 0 bridgehead atoms. The lowest BCUT2D eigenvalue weighted by Crippen LogP contribution is -2.27. The fourth-order valence-corrected chi connectivity index (χ4v) is 1.26. The van der Waals surface area contributed by atoms with Crippen molar-refractivity contribution in [1.29, 1.82) is 0 Å². The van der Waals surface area contributed by atoms with Gasteiger partial charge in [0, 0.05) is 11.4 Å². The summed E-state index contributed by atoms with van der Waals surface area (Å²) in [5.41, 5.74) is 8.22. The zero-order valence-electron chi connectivity index (χ0n) is 9.20. The summed E-state index contributed by atoms with van der Waals surface area (Å²) in [6, 6.07) is 5.15. The Bertz CT molecular complexity index is 364. The first-order valence-electron chi connectivity index (χ1n) is 4.75. The van der Waals surface area contributed by atoms with E-state index in [1.54, 1.807) is 13.0 Å². The summed E-state index contributed by atoms with van der Waals surface area (Å²) in [5, 5.41) is 3.05. The van der Waals surface area contributed by atoms with Gasteiger partial charge in [0.05, 0.1) is 7.11 Å². The Labute approximate surface area is 89.4 Å². The number of anilines is 2. The summed E-state index contributed by atoms with van der Waals surface area (Å²) < 4.78 is 4.62. The highest BCUT2D eigenvalue weighted by molar-refractivity contribution is 5.79. The number of hydrogen-bond acceptors (Lipinski definition) is 4. The maximum Gasteiger partial charge on any atom is 0.327 e. The summed E-state index contributed by atoms with van der Waals surface area (Å²) in [6.07, 6.45) is 0. The number of nitrogens with one attached hydrogen (secondary N) is 1. The zero-order valence-corrected chi connectivity index (χ0v) is 9.20. The van der Waals surface area contributed by atoms with E-state index in [1.807, 2.05) is 19.1 Å². The molecule has 1 unspecified atom stereocenters. The molecule has 0 spiro atoms. The standard InChI is InChI=1S/C11H16N2O2/c1-7-4-5-9(12)6-10(7)13-8(2)11(14)15-3/h4-6,8,13H,12H2,1-3H3. The van der Waals surface area contributed by atoms with Crippen LogP contribution >= 0.6 is 0 Å². The maximum atomic E-state index is 11.2. The van der Waals surface area contributed by atoms with Crippen molar-refractivity contribution in [2.45, 2.75) is 19.9 Å². The molecule has 0 radical (unpaired) electrons. The predicted molar refractivity (Wildman–Crippen MR) is 60.7 cm³/mol. The van der Waals surface area contributed by atoms with Crippen molar-refractivity contribution in [3.63, 3.8) is 0 Å². The second kappa shape index (κ2) is 4.68. The lowest BCUT2D eigenvalue weighted by atomic mass is 10.1. The van der Waals surface area contributed by atoms with E-state index in [0.29, 0.717) is 5.69 Å². The Morgan fingerprint density at radius 1 is 1.53 bits per heavy atom. The van der Waals surface area contributed by atoms with Crippen molar-refractivity contribution in [2.75, 3.05) is 18.2 Å². The van der Waals surface area contributed by atoms with Crippen LogP contribution in [-0.2, 0) is 9.53 Å². The van der Waals surface area contributed by atoms with Crippen molar-refractivity contribution >= 4 is 17.3 Å². The van der Waals surface area contributed by atoms with Gasteiger partial charge in [0.2, 0.25) is 0 Å². The molecule has 0 aromatic heterocycles. The summed E-state index contributed by atoms with van der Waals surface area (Å²) in [5.74, 6) is -0.295. The van der Waals surface area contributed by atoms with E-state index in [2.05, 4.69) is 10.1 Å². The molecular weight excluding hydrogens is 192 g/mol. The van der Waals surface area contributed by atoms with E-state index >= 15 is 0 Å². The van der Waals surface area contributed by atoms with E-state index in [4.69, 9.17) is 5.73 Å². The molecule has 1 rings (SSSR count). The minimum absolute atomic E-state index is 0.295. The van der Waals surface area contributed by atoms with Crippen LogP contribution < -0.4 is 11.1 Å². The fraction of sp³-hybridized carbons (Fsp3) is 0.364. The first kappa shape index (κ1) is 11.4. The number of aryl methyl sites for hydroxylation is 1. The third-order valence-electron chi connectivity index (χ3n) is 2.19. The number of nitrogen functional groups attached to an aromatic ring is 1. The van der Waals surface area contributed by atoms with Crippen LogP contribution in [0.2, 0.25) is 0 Å². The van der Waals surface area contributed by atoms with Gasteiger partial charge in [0.1, 0.15) is 6.04 Å². The van der Waals surface area contributed by atoms with Crippen molar-refractivity contribution in [1.82, 2.24) is 0 Å². The molecule has 1 aromatic rings. The number of ether oxygens (including phenoxy) is 1. The first-order valence-corrected chi connectivity index (χ1v) is 4.75. The van der Waals surface area contributed by atoms with Gasteiger partial charge in [0.15, 0.2) is 0 Å². The Kier molecular flexibility index (Phi) is 3.55. The number of methoxy groups -OCH3 is 1. The molecule has 0 aliphatic heterocycles. The molecule has 1 atom stereocenters. The SMILES string of the molecule is COC(=O)C(C)Nc1cc(N)ccc1C. The molecule has 4 nitrogen and oxygen atoms in total. The molecule has 0 aliphatic rings. The van der Waals surface area contributed by atoms with E-state index in [0.717, 1.165) is 11.3 Å². The molecule has 4 heteroatoms. The second-order valence-electron chi connectivity index (χ2n) is 3.46. The minimum Gasteiger partial charge on any atom is -0.467 e. The van der Waals surface area contributed by atoms with E-state index in [9.17, 15) is 4.79 Å². The fourth-order valence-electron chi connectivity index (χ4n) is 1.26. The van der Waals surface area contributed by atoms with Crippen molar-refractivity contribution in [2.24, 2.45) is 0 Å². The zero-order chi connectivity index (χ0) is 11.4. The van der Waals surface area contributed by atoms with Crippen molar-refractivity contribution in [3.8, 4) is 0 Å². The normalized spacial score (nSPS) is 11.9. The lowest BCUT2D eigenvalue weighted by molar-refractivity contribution is -0.141. The molecule has 0 amide bonds. The summed E-state index contributed by atoms with van der Waals surface area (Å²) in [6.45, 7) is 3.69. The van der Waals surface area contributed by atoms with Crippen LogP contribution in [0.5, 0.6) is 0 Å². The quantitative estimate of drug-likeness (QED) is 0.584. The highest BCUT2D eigenvalue weighted by atomic mass is 16.5. The van der Waals surface area contributed by atoms with Gasteiger partial charge in [-0.15, -0.1) is 0 Å². The van der Waals surface area contributed by atoms with Crippen molar-refractivity contribution in [3.05, 3.63) is 23.8 Å². The van der Waals surface area contributed by atoms with Gasteiger partial charge >= 0.3 is 5.97 Å². The van der Waals surface area contributed by atoms with Gasteiger partial charge in [0.25, 0.3) is 0 Å². The van der Waals surface area contributed by atoms with Gasteiger partial charge in [-0.25, -0.2) is 4.79 Å². The van der Waals surface area contributed by atoms with Gasteiger partial charge < -0.3 is 15.8 Å². The Morgan fingerprint density at radius 2 is 2.20 bits per heavy atom. The average Bonchev–Trinajstić information content (AvgIpc) is 2.22. The molecule has 0 fully saturated rings. The van der Waals surface area contributed by atoms with Crippen LogP contribution in [-0.4, -0.2) is 19.1 Å². The molecule has 15 heavy (non-hydrogen) atoms. The van der Waals surface area contributed by atoms with Gasteiger partial charge in [-0.05, 0) is 31.5 Å². The first-order chi connectivity index (χ1) is 7.04. The van der Waals surface area contributed by atoms with Crippen LogP contribution in [0.1, 0.15) is 12.5 Å². The molecule has 0 saturated carbocycles. The molecule has 82 valence electrons. The molecule has 1 aromatic carbocycles. The van der Waals surface area contributed by atoms with Gasteiger partial charge in [-0.2, -0.15) is 0 Å². The largest absolute Gasteiger partial charge is 0.467 e. The lowest BCUT2D eigenvalue weighted by Gasteiger charge is -2.15. The molecule has 3 N–H and O–H groups in total. The number of nitrogens with two attached hydrogens (primary N) is 1. The van der Waals surface area contributed by atoms with Crippen LogP contribution in [0, 0.1) is 6.92 Å². The monoisotopic (exact) mass is 208 g/mol. The maximum absolute atomic E-state index is 11.2. The highest BCUT2D eigenvalue weighted by Crippen LogP contribution is 2.19. The smallest absolute Gasteiger partial charge is 0.327 e. The van der Waals surface area contributed by atoms with Gasteiger partial charge in [-0.3, -0.25) is 0 Å². The van der Waals surface area contributed by atoms with Crippen LogP contribution in [0.25, 0.3) is 0 Å². The van der Waals surface area contributed by atoms with Crippen LogP contribution in [0.15, 0.2) is 18.2 Å². The summed E-state index contributed by atoms with van der Waals surface area (Å²) in [7, 11) is 1.37. The topological polar surface area (TPSA) is 64.3 Å². The number of esters is 1. The number of rotatable bonds is 3. The highest BCUT2D eigenvalue weighted by Gasteiger charge is 2.13. The number of carbonyl (C=O) groups excluding carboxylic acids is 1. The van der Waals surface area contributed by atoms with Crippen LogP contribution in [0.3, 0.4) is 0 Å². The Balaban J connectivity index is 2.80. The third-order valence-corrected chi connectivity index (χ3v) is 2.19. The Morgan fingerprint density at radius 3 is 2.80 bits per heavy atom. The molecule has 0 aliphatic carbocycles.